The molecule has 7 nitrogen and oxygen atoms in total. The topological polar surface area (TPSA) is 77.9 Å². The molecule has 1 aliphatic heterocycles. The maximum Gasteiger partial charge on any atom is 0.416 e. The van der Waals surface area contributed by atoms with E-state index >= 15 is 0 Å². The number of hydrogen-bond acceptors (Lipinski definition) is 6. The number of benzene rings is 1. The Morgan fingerprint density at radius 2 is 1.95 bits per heavy atom. The van der Waals surface area contributed by atoms with Crippen molar-refractivity contribution in [1.82, 2.24) is 15.2 Å². The van der Waals surface area contributed by atoms with Crippen molar-refractivity contribution >= 4 is 11.7 Å². The highest BCUT2D eigenvalue weighted by atomic mass is 19.4. The molecule has 37 heavy (non-hydrogen) atoms. The molecular weight excluding hydrogens is 485 g/mol. The summed E-state index contributed by atoms with van der Waals surface area (Å²) in [5.74, 6) is 1.10. The van der Waals surface area contributed by atoms with Gasteiger partial charge in [-0.1, -0.05) is 19.9 Å². The number of methoxy groups -OCH3 is 1. The molecule has 2 aromatic rings. The lowest BCUT2D eigenvalue weighted by molar-refractivity contribution is -0.145. The van der Waals surface area contributed by atoms with Crippen LogP contribution in [0.4, 0.5) is 19.0 Å². The molecule has 0 spiro atoms. The van der Waals surface area contributed by atoms with Gasteiger partial charge in [0, 0.05) is 45.0 Å². The Hall–Kier alpha value is -3.01. The van der Waals surface area contributed by atoms with Gasteiger partial charge in [0.05, 0.1) is 18.1 Å². The summed E-state index contributed by atoms with van der Waals surface area (Å²) in [6.45, 7) is 6.54. The van der Waals surface area contributed by atoms with E-state index in [2.05, 4.69) is 24.1 Å². The number of rotatable bonds is 7. The van der Waals surface area contributed by atoms with Gasteiger partial charge < -0.3 is 25.0 Å². The zero-order valence-electron chi connectivity index (χ0n) is 21.5. The van der Waals surface area contributed by atoms with Gasteiger partial charge in [-0.3, -0.25) is 4.79 Å². The van der Waals surface area contributed by atoms with E-state index in [4.69, 9.17) is 4.74 Å². The maximum atomic E-state index is 13.8. The molecule has 0 bridgehead atoms. The van der Waals surface area contributed by atoms with Crippen LogP contribution in [0.3, 0.4) is 0 Å². The molecule has 1 aromatic carbocycles. The van der Waals surface area contributed by atoms with E-state index in [1.165, 1.54) is 13.3 Å². The Morgan fingerprint density at radius 1 is 1.22 bits per heavy atom. The minimum absolute atomic E-state index is 0.0967. The number of piperazine rings is 1. The largest absolute Gasteiger partial charge is 0.504 e. The number of nitrogens with one attached hydrogen (secondary N) is 1. The second-order valence-corrected chi connectivity index (χ2v) is 10.3. The van der Waals surface area contributed by atoms with Crippen LogP contribution in [0, 0.1) is 11.3 Å². The number of ether oxygens (including phenoxy) is 1. The van der Waals surface area contributed by atoms with Gasteiger partial charge in [-0.15, -0.1) is 0 Å². The number of anilines is 1. The summed E-state index contributed by atoms with van der Waals surface area (Å²) >= 11 is 0. The molecular formula is C27H35F3N4O3. The minimum Gasteiger partial charge on any atom is -0.504 e. The molecule has 1 aromatic heterocycles. The van der Waals surface area contributed by atoms with Gasteiger partial charge in [0.1, 0.15) is 5.82 Å². The number of alkyl halides is 3. The van der Waals surface area contributed by atoms with Crippen LogP contribution >= 0.6 is 0 Å². The molecule has 2 N–H and O–H groups in total. The van der Waals surface area contributed by atoms with Crippen molar-refractivity contribution < 1.29 is 27.8 Å². The first kappa shape index (κ1) is 27.0. The molecule has 0 radical (unpaired) electrons. The third kappa shape index (κ3) is 5.79. The first-order chi connectivity index (χ1) is 17.5. The van der Waals surface area contributed by atoms with Gasteiger partial charge in [-0.25, -0.2) is 4.98 Å². The fourth-order valence-electron chi connectivity index (χ4n) is 5.54. The Labute approximate surface area is 215 Å². The number of aromatic hydroxyl groups is 1. The number of nitrogens with zero attached hydrogens (tertiary/aromatic N) is 3. The monoisotopic (exact) mass is 520 g/mol. The van der Waals surface area contributed by atoms with E-state index in [1.807, 2.05) is 15.9 Å². The van der Waals surface area contributed by atoms with E-state index in [-0.39, 0.29) is 29.4 Å². The first-order valence-corrected chi connectivity index (χ1v) is 12.7. The van der Waals surface area contributed by atoms with Gasteiger partial charge in [0.2, 0.25) is 5.91 Å². The lowest BCUT2D eigenvalue weighted by Crippen LogP contribution is -2.54. The Kier molecular flexibility index (Phi) is 7.87. The molecule has 0 unspecified atom stereocenters. The van der Waals surface area contributed by atoms with Gasteiger partial charge >= 0.3 is 6.18 Å². The third-order valence-electron chi connectivity index (χ3n) is 7.88. The highest BCUT2D eigenvalue weighted by Crippen LogP contribution is 2.46. The number of amides is 1. The fourth-order valence-corrected chi connectivity index (χ4v) is 5.54. The molecule has 10 heteroatoms. The summed E-state index contributed by atoms with van der Waals surface area (Å²) < 4.78 is 44.4. The number of carbonyl (C=O) groups excluding carboxylic acids is 1. The number of hydrogen-bond donors (Lipinski definition) is 2. The van der Waals surface area contributed by atoms with Gasteiger partial charge in [-0.2, -0.15) is 13.2 Å². The molecule has 1 amide bonds. The normalized spacial score (nSPS) is 22.5. The number of aromatic nitrogens is 1. The SMILES string of the molecule is COc1ccc(CN[C@@H]2CC[C@@](C(=O)N3CCN(c4cc(C(F)(F)F)ccn4)CC3)(C(C)C)C2)cc1O. The van der Waals surface area contributed by atoms with Crippen LogP contribution in [-0.2, 0) is 17.5 Å². The van der Waals surface area contributed by atoms with Gasteiger partial charge in [-0.05, 0) is 55.0 Å². The molecule has 1 aliphatic carbocycles. The predicted molar refractivity (Wildman–Crippen MR) is 134 cm³/mol. The van der Waals surface area contributed by atoms with Crippen molar-refractivity contribution in [2.75, 3.05) is 38.2 Å². The standard InChI is InChI=1S/C27H35F3N4O3/c1-18(2)26(8-6-21(16-26)32-17-19-4-5-23(37-3)22(35)14-19)25(36)34-12-10-33(11-13-34)24-15-20(7-9-31-24)27(28,29)30/h4-5,7,9,14-15,18,21,32,35H,6,8,10-13,16-17H2,1-3H3/t21-,26+/m1/s1. The van der Waals surface area contributed by atoms with Crippen LogP contribution in [0.5, 0.6) is 11.5 Å². The summed E-state index contributed by atoms with van der Waals surface area (Å²) in [7, 11) is 1.51. The van der Waals surface area contributed by atoms with Crippen molar-refractivity contribution in [3.8, 4) is 11.5 Å². The highest BCUT2D eigenvalue weighted by Gasteiger charge is 2.49. The average molecular weight is 521 g/mol. The Bertz CT molecular complexity index is 1100. The number of phenols is 1. The summed E-state index contributed by atoms with van der Waals surface area (Å²) in [5, 5.41) is 13.6. The molecule has 2 aliphatic rings. The Balaban J connectivity index is 1.36. The smallest absolute Gasteiger partial charge is 0.416 e. The third-order valence-corrected chi connectivity index (χ3v) is 7.88. The summed E-state index contributed by atoms with van der Waals surface area (Å²) in [6.07, 6.45) is -0.853. The number of phenolic OH excluding ortho intramolecular Hbond substituents is 1. The fraction of sp³-hybridized carbons (Fsp3) is 0.556. The molecule has 4 rings (SSSR count). The van der Waals surface area contributed by atoms with Crippen LogP contribution in [0.25, 0.3) is 0 Å². The van der Waals surface area contributed by atoms with Crippen LogP contribution in [-0.4, -0.2) is 60.2 Å². The molecule has 2 atom stereocenters. The number of carbonyl (C=O) groups is 1. The lowest BCUT2D eigenvalue weighted by atomic mass is 9.74. The maximum absolute atomic E-state index is 13.8. The Morgan fingerprint density at radius 3 is 2.57 bits per heavy atom. The highest BCUT2D eigenvalue weighted by molar-refractivity contribution is 5.84. The summed E-state index contributed by atoms with van der Waals surface area (Å²) in [4.78, 5) is 21.6. The van der Waals surface area contributed by atoms with Crippen LogP contribution < -0.4 is 15.0 Å². The van der Waals surface area contributed by atoms with Crippen molar-refractivity contribution in [2.45, 2.75) is 51.9 Å². The van der Waals surface area contributed by atoms with Gasteiger partial charge in [0.25, 0.3) is 0 Å². The van der Waals surface area contributed by atoms with Crippen molar-refractivity contribution in [3.63, 3.8) is 0 Å². The van der Waals surface area contributed by atoms with Crippen LogP contribution in [0.2, 0.25) is 0 Å². The van der Waals surface area contributed by atoms with E-state index in [1.54, 1.807) is 12.1 Å². The quantitative estimate of drug-likeness (QED) is 0.562. The van der Waals surface area contributed by atoms with E-state index in [0.29, 0.717) is 38.5 Å². The second-order valence-electron chi connectivity index (χ2n) is 10.3. The predicted octanol–water partition coefficient (Wildman–Crippen LogP) is 4.45. The molecule has 2 heterocycles. The first-order valence-electron chi connectivity index (χ1n) is 12.7. The van der Waals surface area contributed by atoms with Crippen molar-refractivity contribution in [1.29, 1.82) is 0 Å². The summed E-state index contributed by atoms with van der Waals surface area (Å²) in [6, 6.07) is 7.53. The zero-order valence-corrected chi connectivity index (χ0v) is 21.5. The summed E-state index contributed by atoms with van der Waals surface area (Å²) in [5.41, 5.74) is -0.258. The lowest BCUT2D eigenvalue weighted by Gasteiger charge is -2.42. The molecule has 1 saturated carbocycles. The average Bonchev–Trinajstić information content (AvgIpc) is 3.33. The molecule has 2 fully saturated rings. The van der Waals surface area contributed by atoms with E-state index in [0.717, 1.165) is 37.0 Å². The second kappa shape index (κ2) is 10.8. The number of halogens is 3. The minimum atomic E-state index is -4.42. The van der Waals surface area contributed by atoms with Gasteiger partial charge in [0.15, 0.2) is 11.5 Å². The van der Waals surface area contributed by atoms with Crippen LogP contribution in [0.1, 0.15) is 44.2 Å². The van der Waals surface area contributed by atoms with Crippen LogP contribution in [0.15, 0.2) is 36.5 Å². The number of pyridine rings is 1. The molecule has 202 valence electrons. The molecule has 1 saturated heterocycles. The van der Waals surface area contributed by atoms with Crippen molar-refractivity contribution in [3.05, 3.63) is 47.7 Å². The van der Waals surface area contributed by atoms with E-state index in [9.17, 15) is 23.1 Å². The van der Waals surface area contributed by atoms with Crippen molar-refractivity contribution in [2.24, 2.45) is 11.3 Å². The zero-order chi connectivity index (χ0) is 26.8. The van der Waals surface area contributed by atoms with E-state index < -0.39 is 17.2 Å².